The van der Waals surface area contributed by atoms with Crippen LogP contribution in [0.25, 0.3) is 134 Å². The van der Waals surface area contributed by atoms with Crippen LogP contribution < -0.4 is 18.9 Å². The Kier molecular flexibility index (Phi) is 14.5. The molecular formula is C76H58N2O6. The zero-order chi connectivity index (χ0) is 56.9. The smallest absolute Gasteiger partial charge is 0.147 e. The molecule has 408 valence electrons. The van der Waals surface area contributed by atoms with Gasteiger partial charge in [-0.2, -0.15) is 0 Å². The van der Waals surface area contributed by atoms with Crippen LogP contribution in [-0.2, 0) is 0 Å². The van der Waals surface area contributed by atoms with E-state index in [-0.39, 0.29) is 0 Å². The van der Waals surface area contributed by atoms with Crippen LogP contribution in [0, 0.1) is 0 Å². The van der Waals surface area contributed by atoms with Gasteiger partial charge in [-0.1, -0.05) is 218 Å². The number of fused-ring (bicyclic) bond motifs is 2. The van der Waals surface area contributed by atoms with E-state index < -0.39 is 0 Å². The van der Waals surface area contributed by atoms with Crippen LogP contribution in [0.2, 0.25) is 0 Å². The van der Waals surface area contributed by atoms with Crippen molar-refractivity contribution in [3.63, 3.8) is 0 Å². The largest absolute Gasteiger partial charge is 0.497 e. The quantitative estimate of drug-likeness (QED) is 0.113. The summed E-state index contributed by atoms with van der Waals surface area (Å²) in [4.78, 5) is 7.48. The highest BCUT2D eigenvalue weighted by Gasteiger charge is 2.33. The molecule has 0 aliphatic rings. The minimum atomic E-state index is 0.671. The number of H-pyrrole nitrogens is 2. The first kappa shape index (κ1) is 52.4. The second-order valence-electron chi connectivity index (χ2n) is 20.2. The summed E-state index contributed by atoms with van der Waals surface area (Å²) in [5.41, 5.74) is 18.4. The Bertz CT molecular complexity index is 4270. The Hall–Kier alpha value is -11.0. The van der Waals surface area contributed by atoms with Crippen molar-refractivity contribution in [3.8, 4) is 135 Å². The zero-order valence-electron chi connectivity index (χ0n) is 46.9. The number of rotatable bonds is 14. The average Bonchev–Trinajstić information content (AvgIpc) is 1.97. The summed E-state index contributed by atoms with van der Waals surface area (Å²) in [6, 6.07) is 91.1. The number of nitrogens with one attached hydrogen (secondary N) is 2. The van der Waals surface area contributed by atoms with Crippen molar-refractivity contribution in [1.82, 2.24) is 9.97 Å². The van der Waals surface area contributed by atoms with Crippen molar-refractivity contribution in [3.05, 3.63) is 267 Å². The highest BCUT2D eigenvalue weighted by molar-refractivity contribution is 6.14. The monoisotopic (exact) mass is 1090 g/mol. The third kappa shape index (κ3) is 9.75. The topological polar surface area (TPSA) is 94.8 Å². The van der Waals surface area contributed by atoms with Gasteiger partial charge in [0.1, 0.15) is 46.0 Å². The van der Waals surface area contributed by atoms with Crippen LogP contribution in [0.1, 0.15) is 0 Å². The van der Waals surface area contributed by atoms with E-state index in [2.05, 4.69) is 180 Å². The van der Waals surface area contributed by atoms with Crippen LogP contribution in [0.4, 0.5) is 0 Å². The number of hydrogen-bond acceptors (Lipinski definition) is 6. The molecule has 4 aromatic heterocycles. The first-order valence-electron chi connectivity index (χ1n) is 27.9. The molecule has 0 saturated heterocycles. The zero-order valence-corrected chi connectivity index (χ0v) is 46.9. The number of aromatic amines is 2. The van der Waals surface area contributed by atoms with Gasteiger partial charge in [-0.05, 0) is 58.7 Å². The van der Waals surface area contributed by atoms with Crippen LogP contribution in [0.15, 0.2) is 276 Å². The van der Waals surface area contributed by atoms with E-state index >= 15 is 0 Å². The Labute approximate surface area is 487 Å². The maximum absolute atomic E-state index is 7.02. The van der Waals surface area contributed by atoms with Crippen molar-refractivity contribution >= 4 is 21.8 Å². The SMILES string of the molecule is COc1ccc(-c2oc(-c3ccccc3)c(-c3ccccc3)c2-c2c(-c3ccccc3)[nH]c3ccccc23)c(OC)c1.COc1ccc(-c2oc(-c3ccccc3)c(-c3ccccc3)c2-c2c(-c3ccccc3)[nH]c3ccccc23)c(OC)c1. The summed E-state index contributed by atoms with van der Waals surface area (Å²) >= 11 is 0. The maximum Gasteiger partial charge on any atom is 0.147 e. The normalized spacial score (nSPS) is 11.1. The Morgan fingerprint density at radius 1 is 0.262 bits per heavy atom. The van der Waals surface area contributed by atoms with Crippen molar-refractivity contribution in [2.24, 2.45) is 0 Å². The molecule has 14 aromatic rings. The molecule has 0 aliphatic carbocycles. The lowest BCUT2D eigenvalue weighted by Crippen LogP contribution is -1.92. The maximum atomic E-state index is 7.02. The van der Waals surface area contributed by atoms with E-state index in [0.29, 0.717) is 23.0 Å². The summed E-state index contributed by atoms with van der Waals surface area (Å²) in [7, 11) is 6.67. The summed E-state index contributed by atoms with van der Waals surface area (Å²) in [6.45, 7) is 0. The van der Waals surface area contributed by atoms with Crippen LogP contribution in [0.3, 0.4) is 0 Å². The molecule has 0 bridgehead atoms. The Morgan fingerprint density at radius 3 is 0.905 bits per heavy atom. The van der Waals surface area contributed by atoms with E-state index in [1.807, 2.05) is 97.1 Å². The molecule has 0 atom stereocenters. The number of ether oxygens (including phenoxy) is 4. The van der Waals surface area contributed by atoms with E-state index in [0.717, 1.165) is 134 Å². The van der Waals surface area contributed by atoms with Gasteiger partial charge in [-0.25, -0.2) is 0 Å². The lowest BCUT2D eigenvalue weighted by Gasteiger charge is -2.13. The van der Waals surface area contributed by atoms with E-state index in [9.17, 15) is 0 Å². The number of benzene rings is 10. The third-order valence-electron chi connectivity index (χ3n) is 15.4. The van der Waals surface area contributed by atoms with E-state index in [1.54, 1.807) is 28.4 Å². The van der Waals surface area contributed by atoms with E-state index in [1.165, 1.54) is 0 Å². The van der Waals surface area contributed by atoms with Gasteiger partial charge < -0.3 is 37.7 Å². The lowest BCUT2D eigenvalue weighted by molar-refractivity contribution is 0.394. The van der Waals surface area contributed by atoms with Crippen molar-refractivity contribution in [2.45, 2.75) is 0 Å². The van der Waals surface area contributed by atoms with Crippen molar-refractivity contribution < 1.29 is 27.8 Å². The third-order valence-corrected chi connectivity index (χ3v) is 15.4. The van der Waals surface area contributed by atoms with Gasteiger partial charge >= 0.3 is 0 Å². The molecule has 0 fully saturated rings. The van der Waals surface area contributed by atoms with E-state index in [4.69, 9.17) is 27.8 Å². The molecular weight excluding hydrogens is 1040 g/mol. The fraction of sp³-hybridized carbons (Fsp3) is 0.0526. The predicted molar refractivity (Wildman–Crippen MR) is 342 cm³/mol. The van der Waals surface area contributed by atoms with Crippen LogP contribution in [0.5, 0.6) is 23.0 Å². The second-order valence-corrected chi connectivity index (χ2v) is 20.2. The molecule has 0 amide bonds. The van der Waals surface area contributed by atoms with Crippen molar-refractivity contribution in [2.75, 3.05) is 28.4 Å². The summed E-state index contributed by atoms with van der Waals surface area (Å²) < 4.78 is 37.0. The molecule has 84 heavy (non-hydrogen) atoms. The lowest BCUT2D eigenvalue weighted by atomic mass is 9.88. The first-order valence-corrected chi connectivity index (χ1v) is 27.9. The van der Waals surface area contributed by atoms with Gasteiger partial charge in [0.25, 0.3) is 0 Å². The number of furan rings is 2. The standard InChI is InChI=1S/2C38H29NO3/c2*1-40-28-22-23-30(32(24-28)41-2)38-35(33(25-14-6-3-7-15-25)37(42-38)27-18-10-5-11-19-27)34-29-20-12-13-21-31(29)39-36(34)26-16-8-4-9-17-26/h2*3-24,39H,1-2H3. The molecule has 0 unspecified atom stereocenters. The minimum absolute atomic E-state index is 0.671. The molecule has 8 nitrogen and oxygen atoms in total. The minimum Gasteiger partial charge on any atom is -0.497 e. The van der Waals surface area contributed by atoms with Crippen LogP contribution >= 0.6 is 0 Å². The molecule has 0 radical (unpaired) electrons. The van der Waals surface area contributed by atoms with Crippen molar-refractivity contribution in [1.29, 1.82) is 0 Å². The molecule has 10 aromatic carbocycles. The average molecular weight is 1100 g/mol. The summed E-state index contributed by atoms with van der Waals surface area (Å²) in [5.74, 6) is 5.83. The molecule has 0 spiro atoms. The van der Waals surface area contributed by atoms with Gasteiger partial charge in [0, 0.05) is 78.4 Å². The Morgan fingerprint density at radius 2 is 0.571 bits per heavy atom. The highest BCUT2D eigenvalue weighted by atomic mass is 16.5. The molecule has 8 heteroatoms. The van der Waals surface area contributed by atoms with Gasteiger partial charge in [-0.15, -0.1) is 0 Å². The molecule has 0 saturated carbocycles. The number of hydrogen-bond donors (Lipinski definition) is 2. The molecule has 2 N–H and O–H groups in total. The number of para-hydroxylation sites is 2. The number of methoxy groups -OCH3 is 4. The fourth-order valence-corrected chi connectivity index (χ4v) is 11.5. The molecule has 14 rings (SSSR count). The van der Waals surface area contributed by atoms with Crippen LogP contribution in [-0.4, -0.2) is 38.4 Å². The molecule has 0 aliphatic heterocycles. The summed E-state index contributed by atoms with van der Waals surface area (Å²) in [5, 5.41) is 2.23. The Balaban J connectivity index is 0.000000157. The summed E-state index contributed by atoms with van der Waals surface area (Å²) in [6.07, 6.45) is 0. The molecule has 4 heterocycles. The predicted octanol–water partition coefficient (Wildman–Crippen LogP) is 20.2. The number of aromatic nitrogens is 2. The van der Waals surface area contributed by atoms with Gasteiger partial charge in [0.15, 0.2) is 0 Å². The van der Waals surface area contributed by atoms with Gasteiger partial charge in [0.05, 0.1) is 51.0 Å². The highest BCUT2D eigenvalue weighted by Crippen LogP contribution is 2.56. The fourth-order valence-electron chi connectivity index (χ4n) is 11.5. The first-order chi connectivity index (χ1) is 41.5. The van der Waals surface area contributed by atoms with Gasteiger partial charge in [-0.3, -0.25) is 0 Å². The second kappa shape index (κ2) is 23.3. The van der Waals surface area contributed by atoms with Gasteiger partial charge in [0.2, 0.25) is 0 Å².